The molecule has 0 amide bonds. The van der Waals surface area contributed by atoms with Crippen LogP contribution in [0.3, 0.4) is 0 Å². The Morgan fingerprint density at radius 1 is 0.982 bits per heavy atom. The number of carbonyl (C=O) groups is 2. The van der Waals surface area contributed by atoms with Crippen molar-refractivity contribution in [3.8, 4) is 22.7 Å². The van der Waals surface area contributed by atoms with Gasteiger partial charge in [0.15, 0.2) is 0 Å². The van der Waals surface area contributed by atoms with Gasteiger partial charge in [0.1, 0.15) is 11.6 Å². The Labute approximate surface area is 335 Å². The summed E-state index contributed by atoms with van der Waals surface area (Å²) in [4.78, 5) is 28.1. The van der Waals surface area contributed by atoms with Gasteiger partial charge in [0.05, 0.1) is 63.8 Å². The van der Waals surface area contributed by atoms with Crippen molar-refractivity contribution in [1.29, 1.82) is 0 Å². The Balaban J connectivity index is 0.000000881. The molecule has 2 aliphatic heterocycles. The molecule has 2 aliphatic rings. The molecule has 2 saturated heterocycles. The van der Waals surface area contributed by atoms with E-state index < -0.39 is 33.9 Å². The van der Waals surface area contributed by atoms with Crippen molar-refractivity contribution in [1.82, 2.24) is 9.24 Å². The van der Waals surface area contributed by atoms with Gasteiger partial charge in [-0.05, 0) is 72.2 Å². The highest BCUT2D eigenvalue weighted by atomic mass is 32.9. The first-order valence-electron chi connectivity index (χ1n) is 18.5. The van der Waals surface area contributed by atoms with Crippen LogP contribution in [-0.4, -0.2) is 90.9 Å². The fraction of sp³-hybridized carbons (Fsp3) is 0.400. The van der Waals surface area contributed by atoms with Crippen molar-refractivity contribution in [3.05, 3.63) is 95.4 Å². The SMILES string of the molecule is C1COCC[NH2+]1.CCCCCOC(=O)Cc1c(C(=O)Oc2ccc(P(=S)([S-])N3CCOCC3)cc2)c(-c2ccc(S(C)=O)cc2)n(-c2cccc(F)c2)c1C. The number of rotatable bonds is 13. The van der Waals surface area contributed by atoms with Crippen LogP contribution < -0.4 is 15.4 Å². The number of halogens is 1. The third-order valence-corrected chi connectivity index (χ3v) is 14.9. The monoisotopic (exact) mass is 829 g/mol. The topological polar surface area (TPSA) is 113 Å². The zero-order valence-electron chi connectivity index (χ0n) is 31.5. The third kappa shape index (κ3) is 11.4. The maximum Gasteiger partial charge on any atom is 0.346 e. The van der Waals surface area contributed by atoms with Crippen molar-refractivity contribution >= 4 is 57.5 Å². The van der Waals surface area contributed by atoms with Gasteiger partial charge in [0.25, 0.3) is 0 Å². The summed E-state index contributed by atoms with van der Waals surface area (Å²) in [7, 11) is -1.23. The number of nitrogens with two attached hydrogens (primary N) is 1. The lowest BCUT2D eigenvalue weighted by molar-refractivity contribution is -0.670. The number of aromatic nitrogens is 1. The fourth-order valence-electron chi connectivity index (χ4n) is 6.34. The van der Waals surface area contributed by atoms with Crippen LogP contribution in [0, 0.1) is 12.7 Å². The van der Waals surface area contributed by atoms with Crippen LogP contribution in [0.25, 0.3) is 16.9 Å². The minimum atomic E-state index is -2.45. The Morgan fingerprint density at radius 2 is 1.65 bits per heavy atom. The molecule has 6 rings (SSSR count). The van der Waals surface area contributed by atoms with Crippen LogP contribution in [0.2, 0.25) is 0 Å². The van der Waals surface area contributed by atoms with E-state index in [2.05, 4.69) is 16.9 Å². The van der Waals surface area contributed by atoms with Crippen LogP contribution in [0.5, 0.6) is 5.75 Å². The van der Waals surface area contributed by atoms with E-state index in [0.29, 0.717) is 59.4 Å². The molecule has 2 atom stereocenters. The number of esters is 2. The number of hydrogen-bond donors (Lipinski definition) is 1. The molecular weight excluding hydrogens is 781 g/mol. The minimum absolute atomic E-state index is 0.142. The number of hydrogen-bond acceptors (Lipinski definition) is 9. The van der Waals surface area contributed by atoms with Gasteiger partial charge in [0.2, 0.25) is 0 Å². The first-order valence-corrected chi connectivity index (χ1v) is 23.8. The summed E-state index contributed by atoms with van der Waals surface area (Å²) in [5, 5.41) is 0.632. The number of unbranched alkanes of at least 4 members (excludes halogenated alkanes) is 2. The molecule has 296 valence electrons. The zero-order chi connectivity index (χ0) is 39.4. The summed E-state index contributed by atoms with van der Waals surface area (Å²) >= 11 is 11.8. The van der Waals surface area contributed by atoms with E-state index in [1.807, 2.05) is 0 Å². The number of quaternary nitrogens is 1. The molecule has 3 heterocycles. The summed E-state index contributed by atoms with van der Waals surface area (Å²) in [6.45, 7) is 10.8. The van der Waals surface area contributed by atoms with Crippen LogP contribution >= 0.6 is 5.39 Å². The highest BCUT2D eigenvalue weighted by molar-refractivity contribution is 8.56. The Kier molecular flexibility index (Phi) is 16.2. The molecule has 15 heteroatoms. The van der Waals surface area contributed by atoms with Crippen LogP contribution in [0.1, 0.15) is 47.8 Å². The number of nitrogens with zero attached hydrogens (tertiary/aromatic N) is 2. The molecule has 2 unspecified atom stereocenters. The molecule has 3 aromatic carbocycles. The first kappa shape index (κ1) is 42.9. The van der Waals surface area contributed by atoms with Gasteiger partial charge >= 0.3 is 11.9 Å². The molecule has 2 fully saturated rings. The van der Waals surface area contributed by atoms with E-state index >= 15 is 0 Å². The number of ether oxygens (including phenoxy) is 4. The lowest BCUT2D eigenvalue weighted by atomic mass is 10.0. The van der Waals surface area contributed by atoms with Crippen molar-refractivity contribution in [2.45, 2.75) is 44.4 Å². The fourth-order valence-corrected chi connectivity index (χ4v) is 10.1. The standard InChI is InChI=1S/C36H40FN2O6PS3.C4H9NO/c1-4-5-6-20-44-33(40)24-32-25(2)39(28-9-7-8-27(37)23-28)35(26-10-16-31(17-11-26)49(3)42)34(32)36(41)45-29-12-14-30(15-13-29)46(47,48)38-18-21-43-22-19-38;1-3-6-4-2-5-1/h7-17,23H,4-6,18-22,24H2,1-3H3,(H,47,48);5H,1-4H2. The summed E-state index contributed by atoms with van der Waals surface area (Å²) in [6, 6.07) is 19.9. The number of benzene rings is 3. The van der Waals surface area contributed by atoms with E-state index in [1.165, 1.54) is 12.1 Å². The van der Waals surface area contributed by atoms with Crippen molar-refractivity contribution in [3.63, 3.8) is 0 Å². The van der Waals surface area contributed by atoms with Crippen LogP contribution in [0.4, 0.5) is 4.39 Å². The van der Waals surface area contributed by atoms with Crippen LogP contribution in [0.15, 0.2) is 77.7 Å². The van der Waals surface area contributed by atoms with Gasteiger partial charge in [0, 0.05) is 46.4 Å². The Morgan fingerprint density at radius 3 is 2.24 bits per heavy atom. The molecule has 0 bridgehead atoms. The maximum absolute atomic E-state index is 14.6. The van der Waals surface area contributed by atoms with Gasteiger partial charge < -0.3 is 41.1 Å². The van der Waals surface area contributed by atoms with Gasteiger partial charge in [-0.15, -0.1) is 11.8 Å². The average Bonchev–Trinajstić information content (AvgIpc) is 3.49. The lowest BCUT2D eigenvalue weighted by Gasteiger charge is -2.43. The molecule has 0 spiro atoms. The summed E-state index contributed by atoms with van der Waals surface area (Å²) in [5.41, 5.74) is 2.54. The van der Waals surface area contributed by atoms with E-state index in [9.17, 15) is 18.2 Å². The minimum Gasteiger partial charge on any atom is -0.727 e. The van der Waals surface area contributed by atoms with Crippen molar-refractivity contribution in [2.75, 3.05) is 65.5 Å². The molecule has 1 aromatic heterocycles. The Hall–Kier alpha value is -3.20. The molecular formula is C40H49FN3O7PS3. The van der Waals surface area contributed by atoms with Gasteiger partial charge in [-0.1, -0.05) is 55.5 Å². The summed E-state index contributed by atoms with van der Waals surface area (Å²) < 4.78 is 52.7. The highest BCUT2D eigenvalue weighted by Crippen LogP contribution is 2.47. The molecule has 0 saturated carbocycles. The molecule has 0 radical (unpaired) electrons. The molecule has 55 heavy (non-hydrogen) atoms. The second-order valence-corrected chi connectivity index (χ2v) is 20.5. The van der Waals surface area contributed by atoms with E-state index in [-0.39, 0.29) is 24.3 Å². The number of carbonyl (C=O) groups excluding carboxylic acids is 2. The average molecular weight is 830 g/mol. The summed E-state index contributed by atoms with van der Waals surface area (Å²) in [5.74, 6) is -1.39. The third-order valence-electron chi connectivity index (χ3n) is 9.26. The lowest BCUT2D eigenvalue weighted by Crippen LogP contribution is -2.87. The smallest absolute Gasteiger partial charge is 0.346 e. The van der Waals surface area contributed by atoms with E-state index in [0.717, 1.165) is 50.9 Å². The largest absolute Gasteiger partial charge is 0.727 e. The van der Waals surface area contributed by atoms with E-state index in [4.69, 9.17) is 43.0 Å². The van der Waals surface area contributed by atoms with Crippen molar-refractivity contribution < 1.29 is 42.5 Å². The van der Waals surface area contributed by atoms with Gasteiger partial charge in [-0.2, -0.15) is 0 Å². The quantitative estimate of drug-likeness (QED) is 0.0634. The second kappa shape index (κ2) is 20.8. The predicted molar refractivity (Wildman–Crippen MR) is 220 cm³/mol. The maximum atomic E-state index is 14.6. The first-order chi connectivity index (χ1) is 26.5. The molecule has 2 N–H and O–H groups in total. The summed E-state index contributed by atoms with van der Waals surface area (Å²) in [6.07, 6.45) is 4.01. The molecule has 10 nitrogen and oxygen atoms in total. The normalized spacial score (nSPS) is 16.3. The zero-order valence-corrected chi connectivity index (χ0v) is 34.8. The predicted octanol–water partition coefficient (Wildman–Crippen LogP) is 5.22. The van der Waals surface area contributed by atoms with E-state index in [1.54, 1.807) is 78.4 Å². The molecule has 4 aromatic rings. The van der Waals surface area contributed by atoms with Crippen LogP contribution in [-0.2, 0) is 60.3 Å². The van der Waals surface area contributed by atoms with Gasteiger partial charge in [-0.25, -0.2) is 9.18 Å². The van der Waals surface area contributed by atoms with Gasteiger partial charge in [-0.3, -0.25) is 13.7 Å². The second-order valence-electron chi connectivity index (χ2n) is 13.1. The Bertz CT molecular complexity index is 1970. The highest BCUT2D eigenvalue weighted by Gasteiger charge is 2.30. The number of morpholine rings is 2. The molecule has 0 aliphatic carbocycles. The van der Waals surface area contributed by atoms with Crippen molar-refractivity contribution in [2.24, 2.45) is 0 Å².